The van der Waals surface area contributed by atoms with E-state index in [4.69, 9.17) is 16.3 Å². The van der Waals surface area contributed by atoms with Crippen LogP contribution in [0.2, 0.25) is 5.02 Å². The van der Waals surface area contributed by atoms with Crippen molar-refractivity contribution in [2.24, 2.45) is 0 Å². The first-order valence-electron chi connectivity index (χ1n) is 8.27. The molecule has 0 bridgehead atoms. The zero-order valence-electron chi connectivity index (χ0n) is 15.0. The normalized spacial score (nSPS) is 10.5. The second-order valence-corrected chi connectivity index (χ2v) is 6.14. The van der Waals surface area contributed by atoms with Crippen LogP contribution in [0.25, 0.3) is 6.08 Å². The molecular formula is C20H18ClFN2O4. The number of benzene rings is 2. The first kappa shape index (κ1) is 21.1. The van der Waals surface area contributed by atoms with Crippen LogP contribution in [0, 0.1) is 12.7 Å². The Hall–Kier alpha value is -3.19. The Morgan fingerprint density at radius 1 is 1.11 bits per heavy atom. The predicted octanol–water partition coefficient (Wildman–Crippen LogP) is 3.10. The maximum Gasteiger partial charge on any atom is 0.331 e. The second-order valence-electron chi connectivity index (χ2n) is 5.73. The van der Waals surface area contributed by atoms with Crippen molar-refractivity contribution >= 4 is 41.1 Å². The van der Waals surface area contributed by atoms with Gasteiger partial charge in [-0.2, -0.15) is 0 Å². The molecule has 0 atom stereocenters. The number of amides is 2. The van der Waals surface area contributed by atoms with Crippen LogP contribution in [0.15, 0.2) is 48.5 Å². The lowest BCUT2D eigenvalue weighted by Gasteiger charge is -2.10. The van der Waals surface area contributed by atoms with Crippen LogP contribution in [0.1, 0.15) is 11.1 Å². The first-order chi connectivity index (χ1) is 13.3. The average Bonchev–Trinajstić information content (AvgIpc) is 2.68. The van der Waals surface area contributed by atoms with E-state index >= 15 is 0 Å². The van der Waals surface area contributed by atoms with Crippen LogP contribution >= 0.6 is 11.6 Å². The maximum atomic E-state index is 12.8. The van der Waals surface area contributed by atoms with Gasteiger partial charge in [0, 0.05) is 16.8 Å². The van der Waals surface area contributed by atoms with Gasteiger partial charge in [-0.25, -0.2) is 9.18 Å². The minimum absolute atomic E-state index is 0.284. The topological polar surface area (TPSA) is 84.5 Å². The number of halogens is 2. The Balaban J connectivity index is 1.71. The number of carbonyl (C=O) groups excluding carboxylic acids is 3. The zero-order valence-corrected chi connectivity index (χ0v) is 15.8. The quantitative estimate of drug-likeness (QED) is 0.548. The molecule has 0 saturated heterocycles. The van der Waals surface area contributed by atoms with Gasteiger partial charge in [-0.3, -0.25) is 9.59 Å². The summed E-state index contributed by atoms with van der Waals surface area (Å²) in [7, 11) is 0. The Kier molecular flexibility index (Phi) is 7.71. The average molecular weight is 405 g/mol. The number of hydrogen-bond donors (Lipinski definition) is 2. The summed E-state index contributed by atoms with van der Waals surface area (Å²) in [5, 5.41) is 5.49. The monoisotopic (exact) mass is 404 g/mol. The molecule has 6 nitrogen and oxygen atoms in total. The molecule has 0 aliphatic carbocycles. The Morgan fingerprint density at radius 3 is 2.54 bits per heavy atom. The maximum absolute atomic E-state index is 12.8. The summed E-state index contributed by atoms with van der Waals surface area (Å²) in [6, 6.07) is 10.6. The minimum atomic E-state index is -0.738. The molecule has 2 aromatic rings. The molecule has 2 rings (SSSR count). The molecule has 0 saturated carbocycles. The number of hydrogen-bond acceptors (Lipinski definition) is 4. The van der Waals surface area contributed by atoms with Gasteiger partial charge in [-0.05, 0) is 48.4 Å². The zero-order chi connectivity index (χ0) is 20.5. The SMILES string of the molecule is Cc1c(Cl)cccc1NC(=O)CNC(=O)COC(=O)/C=C/c1ccc(F)cc1. The number of ether oxygens (including phenoxy) is 1. The van der Waals surface area contributed by atoms with Gasteiger partial charge in [-0.15, -0.1) is 0 Å². The highest BCUT2D eigenvalue weighted by Crippen LogP contribution is 2.22. The Morgan fingerprint density at radius 2 is 1.82 bits per heavy atom. The van der Waals surface area contributed by atoms with Crippen molar-refractivity contribution in [3.8, 4) is 0 Å². The van der Waals surface area contributed by atoms with E-state index in [0.717, 1.165) is 6.08 Å². The van der Waals surface area contributed by atoms with Gasteiger partial charge in [0.1, 0.15) is 5.82 Å². The molecule has 28 heavy (non-hydrogen) atoms. The van der Waals surface area contributed by atoms with E-state index in [1.165, 1.54) is 30.3 Å². The second kappa shape index (κ2) is 10.2. The molecule has 0 aliphatic rings. The van der Waals surface area contributed by atoms with Gasteiger partial charge < -0.3 is 15.4 Å². The van der Waals surface area contributed by atoms with Crippen molar-refractivity contribution in [1.82, 2.24) is 5.32 Å². The number of esters is 1. The molecule has 0 aliphatic heterocycles. The van der Waals surface area contributed by atoms with Crippen LogP contribution in [-0.2, 0) is 19.1 Å². The lowest BCUT2D eigenvalue weighted by molar-refractivity contribution is -0.143. The van der Waals surface area contributed by atoms with E-state index in [1.54, 1.807) is 25.1 Å². The molecule has 2 amide bonds. The smallest absolute Gasteiger partial charge is 0.331 e. The molecule has 0 aromatic heterocycles. The highest BCUT2D eigenvalue weighted by molar-refractivity contribution is 6.31. The molecular weight excluding hydrogens is 387 g/mol. The Bertz CT molecular complexity index is 898. The molecule has 146 valence electrons. The fraction of sp³-hybridized carbons (Fsp3) is 0.150. The van der Waals surface area contributed by atoms with Gasteiger partial charge in [0.15, 0.2) is 6.61 Å². The molecule has 0 heterocycles. The largest absolute Gasteiger partial charge is 0.452 e. The van der Waals surface area contributed by atoms with Gasteiger partial charge in [0.25, 0.3) is 5.91 Å². The van der Waals surface area contributed by atoms with E-state index in [-0.39, 0.29) is 12.4 Å². The Labute approximate surface area is 166 Å². The van der Waals surface area contributed by atoms with Crippen LogP contribution in [0.4, 0.5) is 10.1 Å². The standard InChI is InChI=1S/C20H18ClFN2O4/c1-13-16(21)3-2-4-17(13)24-18(25)11-23-19(26)12-28-20(27)10-7-14-5-8-15(22)9-6-14/h2-10H,11-12H2,1H3,(H,23,26)(H,24,25)/b10-7+. The predicted molar refractivity (Wildman–Crippen MR) is 104 cm³/mol. The number of rotatable bonds is 7. The number of nitrogens with one attached hydrogen (secondary N) is 2. The highest BCUT2D eigenvalue weighted by Gasteiger charge is 2.10. The summed E-state index contributed by atoms with van der Waals surface area (Å²) >= 11 is 5.98. The van der Waals surface area contributed by atoms with E-state index in [1.807, 2.05) is 0 Å². The lowest BCUT2D eigenvalue weighted by Crippen LogP contribution is -2.35. The summed E-state index contributed by atoms with van der Waals surface area (Å²) in [5.74, 6) is -2.19. The summed E-state index contributed by atoms with van der Waals surface area (Å²) < 4.78 is 17.6. The molecule has 8 heteroatoms. The lowest BCUT2D eigenvalue weighted by atomic mass is 10.2. The van der Waals surface area contributed by atoms with Gasteiger partial charge in [0.05, 0.1) is 6.54 Å². The highest BCUT2D eigenvalue weighted by atomic mass is 35.5. The van der Waals surface area contributed by atoms with Crippen molar-refractivity contribution in [1.29, 1.82) is 0 Å². The van der Waals surface area contributed by atoms with Crippen molar-refractivity contribution in [2.75, 3.05) is 18.5 Å². The fourth-order valence-corrected chi connectivity index (χ4v) is 2.26. The van der Waals surface area contributed by atoms with E-state index in [2.05, 4.69) is 10.6 Å². The fourth-order valence-electron chi connectivity index (χ4n) is 2.09. The molecule has 2 aromatic carbocycles. The third-order valence-electron chi connectivity index (χ3n) is 3.62. The van der Waals surface area contributed by atoms with Crippen molar-refractivity contribution < 1.29 is 23.5 Å². The van der Waals surface area contributed by atoms with Gasteiger partial charge >= 0.3 is 5.97 Å². The molecule has 0 unspecified atom stereocenters. The molecule has 0 fully saturated rings. The minimum Gasteiger partial charge on any atom is -0.452 e. The van der Waals surface area contributed by atoms with Gasteiger partial charge in [-0.1, -0.05) is 29.8 Å². The van der Waals surface area contributed by atoms with E-state index in [0.29, 0.717) is 21.8 Å². The summed E-state index contributed by atoms with van der Waals surface area (Å²) in [6.45, 7) is 0.944. The van der Waals surface area contributed by atoms with Crippen molar-refractivity contribution in [2.45, 2.75) is 6.92 Å². The van der Waals surface area contributed by atoms with Crippen LogP contribution in [0.3, 0.4) is 0 Å². The number of anilines is 1. The third-order valence-corrected chi connectivity index (χ3v) is 4.02. The summed E-state index contributed by atoms with van der Waals surface area (Å²) in [5.41, 5.74) is 1.87. The van der Waals surface area contributed by atoms with Crippen molar-refractivity contribution in [3.05, 3.63) is 70.5 Å². The molecule has 0 radical (unpaired) electrons. The summed E-state index contributed by atoms with van der Waals surface area (Å²) in [4.78, 5) is 35.2. The van der Waals surface area contributed by atoms with Gasteiger partial charge in [0.2, 0.25) is 5.91 Å². The van der Waals surface area contributed by atoms with E-state index in [9.17, 15) is 18.8 Å². The van der Waals surface area contributed by atoms with Crippen LogP contribution in [-0.4, -0.2) is 30.9 Å². The molecule has 2 N–H and O–H groups in total. The van der Waals surface area contributed by atoms with E-state index < -0.39 is 24.4 Å². The van der Waals surface area contributed by atoms with Crippen LogP contribution < -0.4 is 10.6 Å². The summed E-state index contributed by atoms with van der Waals surface area (Å²) in [6.07, 6.45) is 2.55. The molecule has 0 spiro atoms. The van der Waals surface area contributed by atoms with Crippen LogP contribution in [0.5, 0.6) is 0 Å². The number of carbonyl (C=O) groups is 3. The van der Waals surface area contributed by atoms with Crippen molar-refractivity contribution in [3.63, 3.8) is 0 Å². The third kappa shape index (κ3) is 6.85. The first-order valence-corrected chi connectivity index (χ1v) is 8.65.